The van der Waals surface area contributed by atoms with Crippen LogP contribution in [0.15, 0.2) is 0 Å². The summed E-state index contributed by atoms with van der Waals surface area (Å²) in [6.45, 7) is 3.88. The lowest BCUT2D eigenvalue weighted by Gasteiger charge is -2.27. The van der Waals surface area contributed by atoms with Gasteiger partial charge in [-0.1, -0.05) is 19.3 Å². The second kappa shape index (κ2) is 7.36. The van der Waals surface area contributed by atoms with E-state index in [1.165, 1.54) is 19.3 Å². The molecule has 0 spiro atoms. The number of carboxylic acids is 1. The van der Waals surface area contributed by atoms with Gasteiger partial charge in [0.1, 0.15) is 0 Å². The lowest BCUT2D eigenvalue weighted by molar-refractivity contribution is -0.139. The van der Waals surface area contributed by atoms with Gasteiger partial charge >= 0.3 is 5.97 Å². The van der Waals surface area contributed by atoms with Gasteiger partial charge in [0.15, 0.2) is 0 Å². The molecule has 2 N–H and O–H groups in total. The average Bonchev–Trinajstić information content (AvgIpc) is 2.28. The van der Waals surface area contributed by atoms with E-state index in [-0.39, 0.29) is 31.1 Å². The van der Waals surface area contributed by atoms with Crippen LogP contribution in [0.2, 0.25) is 0 Å². The van der Waals surface area contributed by atoms with Crippen molar-refractivity contribution in [3.05, 3.63) is 0 Å². The highest BCUT2D eigenvalue weighted by Crippen LogP contribution is 2.17. The van der Waals surface area contributed by atoms with E-state index in [9.17, 15) is 9.59 Å². The van der Waals surface area contributed by atoms with E-state index in [1.807, 2.05) is 13.8 Å². The van der Waals surface area contributed by atoms with Crippen molar-refractivity contribution in [2.75, 3.05) is 13.1 Å². The van der Waals surface area contributed by atoms with E-state index in [0.717, 1.165) is 12.8 Å². The number of carbonyl (C=O) groups is 2. The summed E-state index contributed by atoms with van der Waals surface area (Å²) in [7, 11) is 0. The van der Waals surface area contributed by atoms with Gasteiger partial charge < -0.3 is 10.4 Å². The highest BCUT2D eigenvalue weighted by atomic mass is 16.4. The summed E-state index contributed by atoms with van der Waals surface area (Å²) in [5.74, 6) is -0.953. The number of hydrogen-bond donors (Lipinski definition) is 2. The van der Waals surface area contributed by atoms with Crippen molar-refractivity contribution in [2.45, 2.75) is 58.0 Å². The Bertz CT molecular complexity index is 286. The van der Waals surface area contributed by atoms with Crippen LogP contribution in [-0.4, -0.2) is 47.1 Å². The number of aliphatic carboxylic acids is 1. The van der Waals surface area contributed by atoms with Crippen LogP contribution in [0.4, 0.5) is 0 Å². The van der Waals surface area contributed by atoms with Crippen LogP contribution in [0.3, 0.4) is 0 Å². The summed E-state index contributed by atoms with van der Waals surface area (Å²) in [4.78, 5) is 24.2. The first-order valence-electron chi connectivity index (χ1n) is 6.74. The average molecular weight is 256 g/mol. The van der Waals surface area contributed by atoms with Crippen molar-refractivity contribution in [2.24, 2.45) is 0 Å². The van der Waals surface area contributed by atoms with E-state index in [2.05, 4.69) is 5.32 Å². The smallest absolute Gasteiger partial charge is 0.317 e. The van der Waals surface area contributed by atoms with Crippen LogP contribution < -0.4 is 5.32 Å². The zero-order valence-electron chi connectivity index (χ0n) is 11.3. The molecule has 18 heavy (non-hydrogen) atoms. The molecule has 1 aliphatic rings. The topological polar surface area (TPSA) is 69.6 Å². The molecule has 0 aliphatic heterocycles. The number of nitrogens with zero attached hydrogens (tertiary/aromatic N) is 1. The van der Waals surface area contributed by atoms with Crippen molar-refractivity contribution in [3.8, 4) is 0 Å². The van der Waals surface area contributed by atoms with Gasteiger partial charge in [-0.05, 0) is 26.7 Å². The van der Waals surface area contributed by atoms with Gasteiger partial charge in [0, 0.05) is 12.1 Å². The maximum atomic E-state index is 11.9. The highest BCUT2D eigenvalue weighted by molar-refractivity contribution is 5.79. The lowest BCUT2D eigenvalue weighted by Crippen LogP contribution is -2.46. The molecule has 0 heterocycles. The molecule has 0 atom stereocenters. The van der Waals surface area contributed by atoms with Crippen molar-refractivity contribution < 1.29 is 14.7 Å². The maximum absolute atomic E-state index is 11.9. The number of carboxylic acid groups (broad SMARTS) is 1. The summed E-state index contributed by atoms with van der Waals surface area (Å²) >= 11 is 0. The molecule has 0 aromatic heterocycles. The van der Waals surface area contributed by atoms with Crippen LogP contribution in [0.25, 0.3) is 0 Å². The normalized spacial score (nSPS) is 17.1. The number of carbonyl (C=O) groups excluding carboxylic acids is 1. The molecule has 0 unspecified atom stereocenters. The van der Waals surface area contributed by atoms with Crippen LogP contribution >= 0.6 is 0 Å². The van der Waals surface area contributed by atoms with Gasteiger partial charge in [-0.3, -0.25) is 14.5 Å². The number of amides is 1. The van der Waals surface area contributed by atoms with E-state index in [1.54, 1.807) is 4.90 Å². The molecule has 0 saturated heterocycles. The fourth-order valence-corrected chi connectivity index (χ4v) is 2.30. The summed E-state index contributed by atoms with van der Waals surface area (Å²) in [6.07, 6.45) is 5.70. The molecule has 0 aromatic carbocycles. The molecule has 1 saturated carbocycles. The standard InChI is InChI=1S/C13H24N2O3/c1-10(2)15(9-13(17)18)8-12(16)14-11-6-4-3-5-7-11/h10-11H,3-9H2,1-2H3,(H,14,16)(H,17,18). The Labute approximate surface area is 109 Å². The molecule has 0 radical (unpaired) electrons. The Morgan fingerprint density at radius 2 is 1.83 bits per heavy atom. The third kappa shape index (κ3) is 5.49. The van der Waals surface area contributed by atoms with Gasteiger partial charge in [-0.25, -0.2) is 0 Å². The van der Waals surface area contributed by atoms with E-state index >= 15 is 0 Å². The lowest BCUT2D eigenvalue weighted by atomic mass is 9.95. The molecule has 104 valence electrons. The summed E-state index contributed by atoms with van der Waals surface area (Å²) in [6, 6.07) is 0.336. The van der Waals surface area contributed by atoms with Crippen LogP contribution in [0.5, 0.6) is 0 Å². The van der Waals surface area contributed by atoms with Crippen LogP contribution in [-0.2, 0) is 9.59 Å². The van der Waals surface area contributed by atoms with Gasteiger partial charge in [0.25, 0.3) is 0 Å². The largest absolute Gasteiger partial charge is 0.480 e. The quantitative estimate of drug-likeness (QED) is 0.750. The maximum Gasteiger partial charge on any atom is 0.317 e. The first-order chi connectivity index (χ1) is 8.49. The van der Waals surface area contributed by atoms with Gasteiger partial charge in [0.2, 0.25) is 5.91 Å². The molecule has 1 rings (SSSR count). The van der Waals surface area contributed by atoms with Crippen LogP contribution in [0.1, 0.15) is 46.0 Å². The van der Waals surface area contributed by atoms with Crippen LogP contribution in [0, 0.1) is 0 Å². The minimum Gasteiger partial charge on any atom is -0.480 e. The van der Waals surface area contributed by atoms with E-state index < -0.39 is 5.97 Å². The zero-order valence-corrected chi connectivity index (χ0v) is 11.3. The first-order valence-corrected chi connectivity index (χ1v) is 6.74. The summed E-state index contributed by atoms with van der Waals surface area (Å²) < 4.78 is 0. The monoisotopic (exact) mass is 256 g/mol. The molecular formula is C13H24N2O3. The Balaban J connectivity index is 2.37. The molecule has 5 nitrogen and oxygen atoms in total. The Hall–Kier alpha value is -1.10. The predicted octanol–water partition coefficient (Wildman–Crippen LogP) is 1.23. The molecule has 1 fully saturated rings. The second-order valence-corrected chi connectivity index (χ2v) is 5.29. The third-order valence-electron chi connectivity index (χ3n) is 3.39. The number of hydrogen-bond acceptors (Lipinski definition) is 3. The SMILES string of the molecule is CC(C)N(CC(=O)O)CC(=O)NC1CCCCC1. The minimum atomic E-state index is -0.894. The third-order valence-corrected chi connectivity index (χ3v) is 3.39. The second-order valence-electron chi connectivity index (χ2n) is 5.29. The molecular weight excluding hydrogens is 232 g/mol. The van der Waals surface area contributed by atoms with Crippen molar-refractivity contribution >= 4 is 11.9 Å². The van der Waals surface area contributed by atoms with Crippen molar-refractivity contribution in [1.82, 2.24) is 10.2 Å². The Kier molecular flexibility index (Phi) is 6.12. The summed E-state index contributed by atoms with van der Waals surface area (Å²) in [5.41, 5.74) is 0. The van der Waals surface area contributed by atoms with E-state index in [0.29, 0.717) is 0 Å². The Morgan fingerprint density at radius 3 is 2.33 bits per heavy atom. The Morgan fingerprint density at radius 1 is 1.22 bits per heavy atom. The fraction of sp³-hybridized carbons (Fsp3) is 0.846. The summed E-state index contributed by atoms with van der Waals surface area (Å²) in [5, 5.41) is 11.8. The molecule has 0 bridgehead atoms. The number of rotatable bonds is 6. The highest BCUT2D eigenvalue weighted by Gasteiger charge is 2.20. The predicted molar refractivity (Wildman–Crippen MR) is 69.4 cm³/mol. The zero-order chi connectivity index (χ0) is 13.5. The molecule has 1 amide bonds. The van der Waals surface area contributed by atoms with Gasteiger partial charge in [0.05, 0.1) is 13.1 Å². The minimum absolute atomic E-state index is 0.0539. The number of nitrogens with one attached hydrogen (secondary N) is 1. The molecule has 5 heteroatoms. The first kappa shape index (κ1) is 15.0. The van der Waals surface area contributed by atoms with E-state index in [4.69, 9.17) is 5.11 Å². The van der Waals surface area contributed by atoms with Crippen molar-refractivity contribution in [1.29, 1.82) is 0 Å². The fourth-order valence-electron chi connectivity index (χ4n) is 2.30. The van der Waals surface area contributed by atoms with Gasteiger partial charge in [-0.2, -0.15) is 0 Å². The van der Waals surface area contributed by atoms with Gasteiger partial charge in [-0.15, -0.1) is 0 Å². The molecule has 0 aromatic rings. The van der Waals surface area contributed by atoms with Crippen molar-refractivity contribution in [3.63, 3.8) is 0 Å². The molecule has 1 aliphatic carbocycles.